The number of fused-ring (bicyclic) bond motifs is 1. The smallest absolute Gasteiger partial charge is 0.311 e. The Hall–Kier alpha value is -3.42. The summed E-state index contributed by atoms with van der Waals surface area (Å²) in [6.45, 7) is 2.00. The number of nitrogens with one attached hydrogen (secondary N) is 2. The van der Waals surface area contributed by atoms with E-state index in [2.05, 4.69) is 20.5 Å². The Morgan fingerprint density at radius 1 is 1.33 bits per heavy atom. The average Bonchev–Trinajstić information content (AvgIpc) is 2.96. The Morgan fingerprint density at radius 2 is 2.17 bits per heavy atom. The summed E-state index contributed by atoms with van der Waals surface area (Å²) in [5, 5.41) is 15.1. The van der Waals surface area contributed by atoms with Crippen LogP contribution in [0.3, 0.4) is 0 Å². The van der Waals surface area contributed by atoms with Gasteiger partial charge in [0, 0.05) is 11.6 Å². The first-order chi connectivity index (χ1) is 11.6. The van der Waals surface area contributed by atoms with E-state index < -0.39 is 4.92 Å². The van der Waals surface area contributed by atoms with Crippen LogP contribution in [0.2, 0.25) is 0 Å². The van der Waals surface area contributed by atoms with Gasteiger partial charge in [-0.05, 0) is 36.8 Å². The molecule has 0 aliphatic heterocycles. The van der Waals surface area contributed by atoms with E-state index in [0.29, 0.717) is 11.5 Å². The van der Waals surface area contributed by atoms with E-state index in [-0.39, 0.29) is 11.4 Å². The van der Waals surface area contributed by atoms with Gasteiger partial charge in [0.1, 0.15) is 0 Å². The van der Waals surface area contributed by atoms with Crippen molar-refractivity contribution in [2.24, 2.45) is 5.10 Å². The van der Waals surface area contributed by atoms with Crippen molar-refractivity contribution < 1.29 is 9.66 Å². The normalized spacial score (nSPS) is 11.1. The largest absolute Gasteiger partial charge is 0.490 e. The number of nitro benzene ring substituents is 1. The highest BCUT2D eigenvalue weighted by Gasteiger charge is 2.14. The van der Waals surface area contributed by atoms with Crippen molar-refractivity contribution in [2.75, 3.05) is 12.5 Å². The van der Waals surface area contributed by atoms with Gasteiger partial charge < -0.3 is 9.72 Å². The molecule has 24 heavy (non-hydrogen) atoms. The number of aromatic amines is 1. The van der Waals surface area contributed by atoms with E-state index in [9.17, 15) is 10.1 Å². The molecule has 8 nitrogen and oxygen atoms in total. The quantitative estimate of drug-likeness (QED) is 0.425. The molecule has 0 bridgehead atoms. The molecule has 1 aromatic heterocycles. The molecule has 0 saturated heterocycles. The van der Waals surface area contributed by atoms with Crippen molar-refractivity contribution >= 4 is 28.9 Å². The van der Waals surface area contributed by atoms with E-state index in [4.69, 9.17) is 4.74 Å². The molecule has 0 spiro atoms. The molecule has 0 fully saturated rings. The average molecular weight is 325 g/mol. The molecule has 8 heteroatoms. The molecule has 0 aliphatic carbocycles. The van der Waals surface area contributed by atoms with Gasteiger partial charge in [-0.2, -0.15) is 5.10 Å². The van der Waals surface area contributed by atoms with Crippen LogP contribution >= 0.6 is 0 Å². The summed E-state index contributed by atoms with van der Waals surface area (Å²) in [5.74, 6) is 0.702. The number of nitro groups is 1. The Balaban J connectivity index is 1.77. The zero-order valence-electron chi connectivity index (χ0n) is 13.1. The number of H-pyrrole nitrogens is 1. The molecule has 122 valence electrons. The lowest BCUT2D eigenvalue weighted by molar-refractivity contribution is -0.385. The summed E-state index contributed by atoms with van der Waals surface area (Å²) in [6, 6.07) is 10.5. The zero-order chi connectivity index (χ0) is 17.1. The fourth-order valence-corrected chi connectivity index (χ4v) is 2.27. The van der Waals surface area contributed by atoms with Gasteiger partial charge in [0.05, 0.1) is 29.3 Å². The van der Waals surface area contributed by atoms with E-state index in [1.807, 2.05) is 25.1 Å². The van der Waals surface area contributed by atoms with E-state index in [0.717, 1.165) is 16.6 Å². The van der Waals surface area contributed by atoms with Crippen LogP contribution in [0.25, 0.3) is 11.0 Å². The molecule has 0 atom stereocenters. The minimum absolute atomic E-state index is 0.110. The van der Waals surface area contributed by atoms with Gasteiger partial charge >= 0.3 is 5.69 Å². The first-order valence-corrected chi connectivity index (χ1v) is 7.14. The van der Waals surface area contributed by atoms with E-state index in [1.165, 1.54) is 25.5 Å². The maximum absolute atomic E-state index is 11.0. The molecule has 2 aromatic carbocycles. The number of aromatic nitrogens is 2. The Labute approximate surface area is 137 Å². The maximum atomic E-state index is 11.0. The number of rotatable bonds is 5. The molecule has 0 saturated carbocycles. The molecular weight excluding hydrogens is 310 g/mol. The van der Waals surface area contributed by atoms with Crippen LogP contribution in [0.1, 0.15) is 11.1 Å². The number of benzene rings is 2. The second-order valence-electron chi connectivity index (χ2n) is 5.16. The lowest BCUT2D eigenvalue weighted by Gasteiger charge is -2.01. The first-order valence-electron chi connectivity index (χ1n) is 7.14. The standard InChI is InChI=1S/C16H15N5O3/c1-10-3-5-12-13(7-10)19-16(18-12)20-17-9-11-4-6-15(24-2)14(8-11)21(22)23/h3-9H,1-2H3,(H2,18,19,20)/b17-9-. The van der Waals surface area contributed by atoms with Gasteiger partial charge in [0.25, 0.3) is 0 Å². The summed E-state index contributed by atoms with van der Waals surface area (Å²) in [7, 11) is 1.39. The number of anilines is 1. The monoisotopic (exact) mass is 325 g/mol. The number of methoxy groups -OCH3 is 1. The van der Waals surface area contributed by atoms with Gasteiger partial charge in [0.15, 0.2) is 5.75 Å². The summed E-state index contributed by atoms with van der Waals surface area (Å²) < 4.78 is 4.96. The van der Waals surface area contributed by atoms with Crippen molar-refractivity contribution in [3.63, 3.8) is 0 Å². The highest BCUT2D eigenvalue weighted by atomic mass is 16.6. The summed E-state index contributed by atoms with van der Waals surface area (Å²) in [6.07, 6.45) is 1.48. The SMILES string of the molecule is COc1ccc(/C=N\Nc2nc3ccc(C)cc3[nH]2)cc1[N+](=O)[O-]. The van der Waals surface area contributed by atoms with Crippen LogP contribution in [0.4, 0.5) is 11.6 Å². The highest BCUT2D eigenvalue weighted by molar-refractivity contribution is 5.82. The predicted molar refractivity (Wildman–Crippen MR) is 91.7 cm³/mol. The van der Waals surface area contributed by atoms with E-state index >= 15 is 0 Å². The van der Waals surface area contributed by atoms with Crippen molar-refractivity contribution in [2.45, 2.75) is 6.92 Å². The lowest BCUT2D eigenvalue weighted by atomic mass is 10.2. The Morgan fingerprint density at radius 3 is 2.92 bits per heavy atom. The molecular formula is C16H15N5O3. The van der Waals surface area contributed by atoms with Gasteiger partial charge in [-0.25, -0.2) is 10.4 Å². The molecule has 0 unspecified atom stereocenters. The number of aryl methyl sites for hydroxylation is 1. The number of ether oxygens (including phenoxy) is 1. The minimum atomic E-state index is -0.495. The first kappa shape index (κ1) is 15.5. The molecule has 3 rings (SSSR count). The molecule has 0 radical (unpaired) electrons. The molecule has 0 aliphatic rings. The van der Waals surface area contributed by atoms with Gasteiger partial charge in [0.2, 0.25) is 5.95 Å². The van der Waals surface area contributed by atoms with Crippen molar-refractivity contribution in [1.29, 1.82) is 0 Å². The third-order valence-electron chi connectivity index (χ3n) is 3.42. The molecule has 1 heterocycles. The molecule has 0 amide bonds. The van der Waals surface area contributed by atoms with Gasteiger partial charge in [-0.15, -0.1) is 0 Å². The number of hydrogen-bond acceptors (Lipinski definition) is 6. The third-order valence-corrected chi connectivity index (χ3v) is 3.42. The van der Waals surface area contributed by atoms with Crippen molar-refractivity contribution in [3.8, 4) is 5.75 Å². The minimum Gasteiger partial charge on any atom is -0.490 e. The summed E-state index contributed by atoms with van der Waals surface area (Å²) in [4.78, 5) is 18.0. The van der Waals surface area contributed by atoms with Gasteiger partial charge in [-0.1, -0.05) is 6.07 Å². The van der Waals surface area contributed by atoms with Crippen molar-refractivity contribution in [1.82, 2.24) is 9.97 Å². The lowest BCUT2D eigenvalue weighted by Crippen LogP contribution is -1.96. The van der Waals surface area contributed by atoms with Crippen LogP contribution in [0.15, 0.2) is 41.5 Å². The number of nitrogens with zero attached hydrogens (tertiary/aromatic N) is 3. The maximum Gasteiger partial charge on any atom is 0.311 e. The summed E-state index contributed by atoms with van der Waals surface area (Å²) in [5.41, 5.74) is 6.11. The predicted octanol–water partition coefficient (Wildman–Crippen LogP) is 3.23. The number of hydrazone groups is 1. The topological polar surface area (TPSA) is 105 Å². The fraction of sp³-hybridized carbons (Fsp3) is 0.125. The fourth-order valence-electron chi connectivity index (χ4n) is 2.27. The summed E-state index contributed by atoms with van der Waals surface area (Å²) >= 11 is 0. The Bertz CT molecular complexity index is 933. The Kier molecular flexibility index (Phi) is 4.11. The number of hydrogen-bond donors (Lipinski definition) is 2. The van der Waals surface area contributed by atoms with Gasteiger partial charge in [-0.3, -0.25) is 10.1 Å². The van der Waals surface area contributed by atoms with Crippen LogP contribution < -0.4 is 10.2 Å². The molecule has 3 aromatic rings. The van der Waals surface area contributed by atoms with Crippen LogP contribution in [0, 0.1) is 17.0 Å². The second kappa shape index (κ2) is 6.37. The highest BCUT2D eigenvalue weighted by Crippen LogP contribution is 2.26. The third kappa shape index (κ3) is 3.17. The van der Waals surface area contributed by atoms with Crippen LogP contribution in [0.5, 0.6) is 5.75 Å². The second-order valence-corrected chi connectivity index (χ2v) is 5.16. The van der Waals surface area contributed by atoms with E-state index in [1.54, 1.807) is 6.07 Å². The zero-order valence-corrected chi connectivity index (χ0v) is 13.1. The number of imidazole rings is 1. The van der Waals surface area contributed by atoms with Crippen LogP contribution in [-0.4, -0.2) is 28.2 Å². The molecule has 2 N–H and O–H groups in total. The van der Waals surface area contributed by atoms with Crippen molar-refractivity contribution in [3.05, 3.63) is 57.6 Å². The van der Waals surface area contributed by atoms with Crippen LogP contribution in [-0.2, 0) is 0 Å².